The zero-order valence-corrected chi connectivity index (χ0v) is 43.1. The normalized spacial score (nSPS) is 13.2. The van der Waals surface area contributed by atoms with Crippen molar-refractivity contribution in [2.45, 2.75) is 309 Å². The highest BCUT2D eigenvalue weighted by molar-refractivity contribution is 5.76. The number of aliphatic hydroxyl groups is 2. The van der Waals surface area contributed by atoms with E-state index in [0.29, 0.717) is 12.8 Å². The maximum Gasteiger partial charge on any atom is 0.220 e. The van der Waals surface area contributed by atoms with Crippen molar-refractivity contribution in [3.63, 3.8) is 0 Å². The Morgan fingerprint density at radius 3 is 1.03 bits per heavy atom. The predicted octanol–water partition coefficient (Wildman–Crippen LogP) is 18.8. The van der Waals surface area contributed by atoms with Crippen LogP contribution < -0.4 is 5.32 Å². The standard InChI is InChI=1S/C60H111NO3/c1-3-5-7-9-11-13-15-16-17-18-19-20-21-22-23-24-25-26-27-28-29-30-31-32-33-34-35-36-37-38-39-40-41-42-43-44-46-48-50-52-54-56-60(64)61-58(57-62)59(63)55-53-51-49-47-45-14-12-10-8-6-4-2/h5,7,11,13,16-17,19-20,22-23,58-59,62-63H,3-4,6,8-10,12,14-15,18,21,24-57H2,1-2H3,(H,61,64)/b7-5-,13-11-,17-16-,20-19-,23-22-. The summed E-state index contributed by atoms with van der Waals surface area (Å²) in [5.74, 6) is -0.0284. The number of allylic oxidation sites excluding steroid dienone is 10. The van der Waals surface area contributed by atoms with Gasteiger partial charge < -0.3 is 15.5 Å². The van der Waals surface area contributed by atoms with Gasteiger partial charge in [0.2, 0.25) is 5.91 Å². The summed E-state index contributed by atoms with van der Waals surface area (Å²) >= 11 is 0. The maximum atomic E-state index is 12.4. The summed E-state index contributed by atoms with van der Waals surface area (Å²) in [5, 5.41) is 23.2. The van der Waals surface area contributed by atoms with Gasteiger partial charge in [0.25, 0.3) is 0 Å². The number of hydrogen-bond acceptors (Lipinski definition) is 3. The van der Waals surface area contributed by atoms with Gasteiger partial charge in [-0.25, -0.2) is 0 Å². The number of aliphatic hydroxyl groups excluding tert-OH is 2. The van der Waals surface area contributed by atoms with E-state index in [1.807, 2.05) is 0 Å². The molecule has 0 spiro atoms. The molecule has 3 N–H and O–H groups in total. The summed E-state index contributed by atoms with van der Waals surface area (Å²) in [4.78, 5) is 12.4. The lowest BCUT2D eigenvalue weighted by atomic mass is 10.0. The van der Waals surface area contributed by atoms with E-state index in [0.717, 1.165) is 57.8 Å². The maximum absolute atomic E-state index is 12.4. The third kappa shape index (κ3) is 51.1. The van der Waals surface area contributed by atoms with Gasteiger partial charge in [0.05, 0.1) is 18.8 Å². The number of carbonyl (C=O) groups is 1. The van der Waals surface area contributed by atoms with Gasteiger partial charge >= 0.3 is 0 Å². The van der Waals surface area contributed by atoms with Crippen molar-refractivity contribution in [1.82, 2.24) is 5.32 Å². The molecule has 0 radical (unpaired) electrons. The fraction of sp³-hybridized carbons (Fsp3) is 0.817. The minimum absolute atomic E-state index is 0.0284. The summed E-state index contributed by atoms with van der Waals surface area (Å²) in [6.45, 7) is 4.25. The first kappa shape index (κ1) is 62.1. The van der Waals surface area contributed by atoms with Gasteiger partial charge in [0.15, 0.2) is 0 Å². The van der Waals surface area contributed by atoms with E-state index in [-0.39, 0.29) is 12.5 Å². The third-order valence-corrected chi connectivity index (χ3v) is 13.0. The summed E-state index contributed by atoms with van der Waals surface area (Å²) in [5.41, 5.74) is 0. The van der Waals surface area contributed by atoms with Crippen LogP contribution in [0, 0.1) is 0 Å². The van der Waals surface area contributed by atoms with Crippen LogP contribution in [0.4, 0.5) is 0 Å². The van der Waals surface area contributed by atoms with Crippen LogP contribution in [0.5, 0.6) is 0 Å². The van der Waals surface area contributed by atoms with Crippen molar-refractivity contribution in [3.8, 4) is 0 Å². The van der Waals surface area contributed by atoms with Gasteiger partial charge in [-0.3, -0.25) is 4.79 Å². The molecule has 0 heterocycles. The summed E-state index contributed by atoms with van der Waals surface area (Å²) in [7, 11) is 0. The number of carbonyl (C=O) groups excluding carboxylic acids is 1. The van der Waals surface area contributed by atoms with Crippen LogP contribution in [0.25, 0.3) is 0 Å². The van der Waals surface area contributed by atoms with Gasteiger partial charge in [-0.1, -0.05) is 293 Å². The first-order valence-corrected chi connectivity index (χ1v) is 28.5. The van der Waals surface area contributed by atoms with Crippen molar-refractivity contribution in [1.29, 1.82) is 0 Å². The van der Waals surface area contributed by atoms with E-state index in [9.17, 15) is 15.0 Å². The lowest BCUT2D eigenvalue weighted by molar-refractivity contribution is -0.123. The third-order valence-electron chi connectivity index (χ3n) is 13.0. The molecule has 0 saturated carbocycles. The molecule has 64 heavy (non-hydrogen) atoms. The fourth-order valence-corrected chi connectivity index (χ4v) is 8.74. The molecule has 0 saturated heterocycles. The Hall–Kier alpha value is -1.91. The van der Waals surface area contributed by atoms with Crippen LogP contribution in [0.15, 0.2) is 60.8 Å². The molecule has 4 nitrogen and oxygen atoms in total. The van der Waals surface area contributed by atoms with E-state index >= 15 is 0 Å². The average molecular weight is 895 g/mol. The quantitative estimate of drug-likeness (QED) is 0.0421. The Morgan fingerprint density at radius 2 is 0.688 bits per heavy atom. The minimum Gasteiger partial charge on any atom is -0.394 e. The zero-order chi connectivity index (χ0) is 46.3. The van der Waals surface area contributed by atoms with Gasteiger partial charge in [-0.15, -0.1) is 0 Å². The Labute approximate surface area is 400 Å². The highest BCUT2D eigenvalue weighted by Gasteiger charge is 2.20. The first-order chi connectivity index (χ1) is 31.7. The van der Waals surface area contributed by atoms with Crippen LogP contribution in [-0.4, -0.2) is 34.9 Å². The fourth-order valence-electron chi connectivity index (χ4n) is 8.74. The van der Waals surface area contributed by atoms with E-state index in [4.69, 9.17) is 0 Å². The molecule has 0 aliphatic heterocycles. The SMILES string of the molecule is CC/C=C\C/C=C\C/C=C\C/C=C\C/C=C\CCCCCCCCCCCCCCCCCCCCCCCCCCCC(=O)NC(CO)C(O)CCCCCCCCCCCCC. The van der Waals surface area contributed by atoms with Gasteiger partial charge in [-0.05, 0) is 57.8 Å². The van der Waals surface area contributed by atoms with E-state index in [2.05, 4.69) is 79.9 Å². The molecule has 0 rings (SSSR count). The Balaban J connectivity index is 3.36. The van der Waals surface area contributed by atoms with Crippen molar-refractivity contribution < 1.29 is 15.0 Å². The Kier molecular flexibility index (Phi) is 53.8. The van der Waals surface area contributed by atoms with Crippen LogP contribution in [-0.2, 0) is 4.79 Å². The van der Waals surface area contributed by atoms with Gasteiger partial charge in [0, 0.05) is 6.42 Å². The van der Waals surface area contributed by atoms with Gasteiger partial charge in [0.1, 0.15) is 0 Å². The number of rotatable bonds is 52. The highest BCUT2D eigenvalue weighted by atomic mass is 16.3. The van der Waals surface area contributed by atoms with Crippen molar-refractivity contribution >= 4 is 5.91 Å². The number of unbranched alkanes of at least 4 members (excludes halogenated alkanes) is 35. The van der Waals surface area contributed by atoms with Crippen molar-refractivity contribution in [3.05, 3.63) is 60.8 Å². The topological polar surface area (TPSA) is 69.6 Å². The van der Waals surface area contributed by atoms with Gasteiger partial charge in [-0.2, -0.15) is 0 Å². The molecule has 0 aromatic carbocycles. The summed E-state index contributed by atoms with van der Waals surface area (Å²) in [6, 6.07) is -0.533. The molecule has 0 aliphatic carbocycles. The monoisotopic (exact) mass is 894 g/mol. The number of amides is 1. The molecule has 374 valence electrons. The molecule has 0 bridgehead atoms. The molecule has 2 atom stereocenters. The second kappa shape index (κ2) is 55.4. The van der Waals surface area contributed by atoms with E-state index < -0.39 is 12.1 Å². The van der Waals surface area contributed by atoms with E-state index in [1.54, 1.807) is 0 Å². The molecular weight excluding hydrogens is 783 g/mol. The number of hydrogen-bond donors (Lipinski definition) is 3. The minimum atomic E-state index is -0.656. The lowest BCUT2D eigenvalue weighted by Gasteiger charge is -2.22. The first-order valence-electron chi connectivity index (χ1n) is 28.5. The smallest absolute Gasteiger partial charge is 0.220 e. The summed E-state index contributed by atoms with van der Waals surface area (Å²) < 4.78 is 0. The highest BCUT2D eigenvalue weighted by Crippen LogP contribution is 2.17. The predicted molar refractivity (Wildman–Crippen MR) is 285 cm³/mol. The van der Waals surface area contributed by atoms with Crippen LogP contribution in [0.1, 0.15) is 296 Å². The van der Waals surface area contributed by atoms with Crippen LogP contribution >= 0.6 is 0 Å². The molecule has 0 aromatic rings. The molecule has 0 fully saturated rings. The summed E-state index contributed by atoms with van der Waals surface area (Å²) in [6.07, 6.45) is 78.0. The molecular formula is C60H111NO3. The molecule has 0 aromatic heterocycles. The Bertz CT molecular complexity index is 1060. The number of nitrogens with one attached hydrogen (secondary N) is 1. The van der Waals surface area contributed by atoms with Crippen molar-refractivity contribution in [2.24, 2.45) is 0 Å². The molecule has 0 aliphatic rings. The molecule has 2 unspecified atom stereocenters. The van der Waals surface area contributed by atoms with Crippen molar-refractivity contribution in [2.75, 3.05) is 6.61 Å². The zero-order valence-electron chi connectivity index (χ0n) is 43.1. The second-order valence-electron chi connectivity index (χ2n) is 19.3. The second-order valence-corrected chi connectivity index (χ2v) is 19.3. The van der Waals surface area contributed by atoms with Crippen LogP contribution in [0.2, 0.25) is 0 Å². The Morgan fingerprint density at radius 1 is 0.391 bits per heavy atom. The lowest BCUT2D eigenvalue weighted by Crippen LogP contribution is -2.45. The largest absolute Gasteiger partial charge is 0.394 e. The average Bonchev–Trinajstić information content (AvgIpc) is 3.30. The van der Waals surface area contributed by atoms with E-state index in [1.165, 1.54) is 212 Å². The molecule has 4 heteroatoms. The molecule has 1 amide bonds. The van der Waals surface area contributed by atoms with Crippen LogP contribution in [0.3, 0.4) is 0 Å².